The lowest BCUT2D eigenvalue weighted by molar-refractivity contribution is -0.136. The Morgan fingerprint density at radius 3 is 2.78 bits per heavy atom. The van der Waals surface area contributed by atoms with Crippen LogP contribution in [0.4, 0.5) is 0 Å². The van der Waals surface area contributed by atoms with Crippen molar-refractivity contribution < 1.29 is 19.2 Å². The number of nitriles is 1. The van der Waals surface area contributed by atoms with Gasteiger partial charge in [-0.2, -0.15) is 5.26 Å². The van der Waals surface area contributed by atoms with E-state index in [1.807, 2.05) is 19.1 Å². The molecular weight excluding hydrogens is 462 g/mol. The first-order valence-corrected chi connectivity index (χ1v) is 11.3. The number of aryl methyl sites for hydroxylation is 1. The van der Waals surface area contributed by atoms with Gasteiger partial charge in [0.05, 0.1) is 18.0 Å². The van der Waals surface area contributed by atoms with Crippen LogP contribution in [0.25, 0.3) is 5.69 Å². The van der Waals surface area contributed by atoms with Crippen molar-refractivity contribution in [1.29, 1.82) is 5.26 Å². The number of hydrogen-bond acceptors (Lipinski definition) is 7. The maximum absolute atomic E-state index is 12.9. The first kappa shape index (κ1) is 22.9. The number of imide groups is 1. The van der Waals surface area contributed by atoms with E-state index < -0.39 is 23.9 Å². The Morgan fingerprint density at radius 2 is 2.03 bits per heavy atom. The molecule has 0 saturated carbocycles. The lowest BCUT2D eigenvalue weighted by Crippen LogP contribution is -2.52. The summed E-state index contributed by atoms with van der Waals surface area (Å²) in [6, 6.07) is 12.9. The SMILES string of the molecule is Cc1ccccc1C(C#N)NC(=O)c1cn(-c2ccc3c(c2)CN(C2CCC(=O)NC2=O)C3=O)nn1. The Bertz CT molecular complexity index is 1450. The molecule has 3 aromatic rings. The minimum Gasteiger partial charge on any atom is -0.331 e. The summed E-state index contributed by atoms with van der Waals surface area (Å²) in [5, 5.41) is 22.5. The number of nitrogens with zero attached hydrogens (tertiary/aromatic N) is 5. The molecule has 11 nitrogen and oxygen atoms in total. The number of hydrogen-bond donors (Lipinski definition) is 2. The van der Waals surface area contributed by atoms with Crippen LogP contribution >= 0.6 is 0 Å². The third kappa shape index (κ3) is 4.09. The minimum atomic E-state index is -0.840. The van der Waals surface area contributed by atoms with Crippen LogP contribution in [-0.4, -0.2) is 49.6 Å². The summed E-state index contributed by atoms with van der Waals surface area (Å²) in [7, 11) is 0. The Balaban J connectivity index is 1.32. The van der Waals surface area contributed by atoms with Crippen LogP contribution in [0.1, 0.15) is 56.4 Å². The molecule has 5 rings (SSSR count). The lowest BCUT2D eigenvalue weighted by Gasteiger charge is -2.29. The molecule has 1 saturated heterocycles. The first-order chi connectivity index (χ1) is 17.4. The van der Waals surface area contributed by atoms with E-state index in [9.17, 15) is 24.4 Å². The van der Waals surface area contributed by atoms with Crippen LogP contribution in [0.5, 0.6) is 0 Å². The maximum atomic E-state index is 12.9. The highest BCUT2D eigenvalue weighted by atomic mass is 16.2. The van der Waals surface area contributed by atoms with Crippen molar-refractivity contribution in [2.24, 2.45) is 0 Å². The molecule has 3 heterocycles. The van der Waals surface area contributed by atoms with E-state index in [4.69, 9.17) is 0 Å². The van der Waals surface area contributed by atoms with Crippen LogP contribution in [0.15, 0.2) is 48.7 Å². The average Bonchev–Trinajstić information content (AvgIpc) is 3.48. The molecular formula is C25H21N7O4. The highest BCUT2D eigenvalue weighted by Crippen LogP contribution is 2.29. The van der Waals surface area contributed by atoms with Crippen LogP contribution < -0.4 is 10.6 Å². The van der Waals surface area contributed by atoms with Crippen molar-refractivity contribution in [3.8, 4) is 11.8 Å². The normalized spacial score (nSPS) is 17.8. The lowest BCUT2D eigenvalue weighted by atomic mass is 10.0. The fraction of sp³-hybridized carbons (Fsp3) is 0.240. The summed E-state index contributed by atoms with van der Waals surface area (Å²) in [6.45, 7) is 2.08. The van der Waals surface area contributed by atoms with Crippen LogP contribution in [0, 0.1) is 18.3 Å². The van der Waals surface area contributed by atoms with Crippen molar-refractivity contribution in [3.05, 3.63) is 76.6 Å². The van der Waals surface area contributed by atoms with E-state index in [0.717, 1.165) is 5.56 Å². The van der Waals surface area contributed by atoms with E-state index in [-0.39, 0.29) is 36.9 Å². The molecule has 0 spiro atoms. The van der Waals surface area contributed by atoms with Gasteiger partial charge < -0.3 is 10.2 Å². The predicted octanol–water partition coefficient (Wildman–Crippen LogP) is 1.33. The summed E-state index contributed by atoms with van der Waals surface area (Å²) >= 11 is 0. The van der Waals surface area contributed by atoms with Gasteiger partial charge >= 0.3 is 0 Å². The molecule has 11 heteroatoms. The fourth-order valence-corrected chi connectivity index (χ4v) is 4.49. The molecule has 1 fully saturated rings. The van der Waals surface area contributed by atoms with Gasteiger partial charge in [-0.15, -0.1) is 5.10 Å². The molecule has 2 aromatic carbocycles. The monoisotopic (exact) mass is 483 g/mol. The summed E-state index contributed by atoms with van der Waals surface area (Å²) in [5.74, 6) is -1.63. The average molecular weight is 483 g/mol. The number of carbonyl (C=O) groups excluding carboxylic acids is 4. The molecule has 2 N–H and O–H groups in total. The Morgan fingerprint density at radius 1 is 1.22 bits per heavy atom. The number of aromatic nitrogens is 3. The molecule has 4 amide bonds. The van der Waals surface area contributed by atoms with Gasteiger partial charge in [-0.25, -0.2) is 4.68 Å². The first-order valence-electron chi connectivity index (χ1n) is 11.3. The number of nitrogens with one attached hydrogen (secondary N) is 2. The Labute approximate surface area is 205 Å². The second-order valence-electron chi connectivity index (χ2n) is 8.68. The van der Waals surface area contributed by atoms with Gasteiger partial charge in [0, 0.05) is 18.5 Å². The zero-order valence-corrected chi connectivity index (χ0v) is 19.3. The number of amides is 4. The smallest absolute Gasteiger partial charge is 0.274 e. The van der Waals surface area contributed by atoms with Gasteiger partial charge in [-0.3, -0.25) is 24.5 Å². The molecule has 0 bridgehead atoms. The standard InChI is InChI=1S/C25H21N7O4/c1-14-4-2-3-5-17(14)19(11-26)27-23(34)20-13-32(30-29-20)16-6-7-18-15(10-16)12-31(25(18)36)21-8-9-22(33)28-24(21)35/h2-7,10,13,19,21H,8-9,12H2,1H3,(H,27,34)(H,28,33,35). The van der Waals surface area contributed by atoms with Crippen LogP contribution in [0.3, 0.4) is 0 Å². The van der Waals surface area contributed by atoms with Crippen molar-refractivity contribution >= 4 is 23.6 Å². The van der Waals surface area contributed by atoms with Gasteiger partial charge in [0.1, 0.15) is 12.1 Å². The molecule has 1 aromatic heterocycles. The zero-order chi connectivity index (χ0) is 25.4. The van der Waals surface area contributed by atoms with E-state index in [1.165, 1.54) is 15.8 Å². The van der Waals surface area contributed by atoms with Crippen LogP contribution in [-0.2, 0) is 16.1 Å². The Kier molecular flexibility index (Phi) is 5.77. The van der Waals surface area contributed by atoms with Gasteiger partial charge in [-0.1, -0.05) is 29.5 Å². The molecule has 2 atom stereocenters. The number of rotatable bonds is 5. The topological polar surface area (TPSA) is 150 Å². The molecule has 0 radical (unpaired) electrons. The van der Waals surface area contributed by atoms with Gasteiger partial charge in [0.15, 0.2) is 5.69 Å². The molecule has 180 valence electrons. The number of benzene rings is 2. The van der Waals surface area contributed by atoms with E-state index >= 15 is 0 Å². The summed E-state index contributed by atoms with van der Waals surface area (Å²) < 4.78 is 1.41. The number of carbonyl (C=O) groups is 4. The second kappa shape index (κ2) is 9.07. The van der Waals surface area contributed by atoms with Crippen molar-refractivity contribution in [2.75, 3.05) is 0 Å². The summed E-state index contributed by atoms with van der Waals surface area (Å²) in [6.07, 6.45) is 1.91. The second-order valence-corrected chi connectivity index (χ2v) is 8.68. The van der Waals surface area contributed by atoms with E-state index in [1.54, 1.807) is 30.3 Å². The highest BCUT2D eigenvalue weighted by Gasteiger charge is 2.39. The van der Waals surface area contributed by atoms with Crippen LogP contribution in [0.2, 0.25) is 0 Å². The summed E-state index contributed by atoms with van der Waals surface area (Å²) in [4.78, 5) is 50.8. The van der Waals surface area contributed by atoms with Crippen molar-refractivity contribution in [2.45, 2.75) is 38.4 Å². The quantitative estimate of drug-likeness (QED) is 0.520. The largest absolute Gasteiger partial charge is 0.331 e. The van der Waals surface area contributed by atoms with Gasteiger partial charge in [0.25, 0.3) is 11.8 Å². The number of piperidine rings is 1. The van der Waals surface area contributed by atoms with Gasteiger partial charge in [0.2, 0.25) is 11.8 Å². The summed E-state index contributed by atoms with van der Waals surface area (Å²) in [5.41, 5.74) is 3.36. The zero-order valence-electron chi connectivity index (χ0n) is 19.3. The van der Waals surface area contributed by atoms with Gasteiger partial charge in [-0.05, 0) is 48.2 Å². The molecule has 36 heavy (non-hydrogen) atoms. The molecule has 2 unspecified atom stereocenters. The third-order valence-corrected chi connectivity index (χ3v) is 6.40. The number of fused-ring (bicyclic) bond motifs is 1. The predicted molar refractivity (Wildman–Crippen MR) is 124 cm³/mol. The van der Waals surface area contributed by atoms with Crippen molar-refractivity contribution in [1.82, 2.24) is 30.5 Å². The van der Waals surface area contributed by atoms with E-state index in [0.29, 0.717) is 22.4 Å². The molecule has 2 aliphatic heterocycles. The minimum absolute atomic E-state index is 0.0329. The Hall–Kier alpha value is -4.85. The third-order valence-electron chi connectivity index (χ3n) is 6.40. The highest BCUT2D eigenvalue weighted by molar-refractivity contribution is 6.05. The molecule has 0 aliphatic carbocycles. The molecule has 2 aliphatic rings. The maximum Gasteiger partial charge on any atom is 0.274 e. The van der Waals surface area contributed by atoms with E-state index in [2.05, 4.69) is 27.0 Å². The fourth-order valence-electron chi connectivity index (χ4n) is 4.49. The van der Waals surface area contributed by atoms with Crippen molar-refractivity contribution in [3.63, 3.8) is 0 Å².